The number of rotatable bonds is 8. The summed E-state index contributed by atoms with van der Waals surface area (Å²) in [4.78, 5) is 22.3. The van der Waals surface area contributed by atoms with Crippen LogP contribution in [-0.2, 0) is 10.0 Å². The molecule has 1 aromatic heterocycles. The van der Waals surface area contributed by atoms with Gasteiger partial charge in [0, 0.05) is 57.9 Å². The Balaban J connectivity index is 1.07. The summed E-state index contributed by atoms with van der Waals surface area (Å²) in [5.41, 5.74) is 1.45. The molecule has 0 unspecified atom stereocenters. The van der Waals surface area contributed by atoms with E-state index >= 15 is 0 Å². The lowest BCUT2D eigenvalue weighted by Gasteiger charge is -2.34. The first-order valence-electron chi connectivity index (χ1n) is 13.1. The summed E-state index contributed by atoms with van der Waals surface area (Å²) in [6.45, 7) is 8.12. The van der Waals surface area contributed by atoms with Gasteiger partial charge in [-0.2, -0.15) is 4.31 Å². The topological polar surface area (TPSA) is 95.1 Å². The molecule has 5 rings (SSSR count). The smallest absolute Gasteiger partial charge is 0.251 e. The predicted molar refractivity (Wildman–Crippen MR) is 151 cm³/mol. The van der Waals surface area contributed by atoms with Crippen LogP contribution in [0.5, 0.6) is 5.75 Å². The van der Waals surface area contributed by atoms with Crippen molar-refractivity contribution in [3.63, 3.8) is 0 Å². The third-order valence-corrected chi connectivity index (χ3v) is 10.4. The molecule has 0 bridgehead atoms. The van der Waals surface area contributed by atoms with E-state index in [1.807, 2.05) is 18.2 Å². The number of carbonyl (C=O) groups excluding carboxylic acids is 1. The number of carbonyl (C=O) groups is 1. The lowest BCUT2D eigenvalue weighted by atomic mass is 10.0. The fourth-order valence-corrected chi connectivity index (χ4v) is 7.42. The van der Waals surface area contributed by atoms with Crippen molar-refractivity contribution in [1.29, 1.82) is 0 Å². The van der Waals surface area contributed by atoms with Gasteiger partial charge in [0.2, 0.25) is 10.0 Å². The van der Waals surface area contributed by atoms with Crippen LogP contribution in [0.25, 0.3) is 10.2 Å². The molecule has 3 heterocycles. The Bertz CT molecular complexity index is 1360. The van der Waals surface area contributed by atoms with Crippen molar-refractivity contribution in [2.75, 3.05) is 64.4 Å². The molecule has 38 heavy (non-hydrogen) atoms. The molecule has 2 saturated heterocycles. The molecule has 11 heteroatoms. The molecule has 0 saturated carbocycles. The molecule has 1 N–H and O–H groups in total. The quantitative estimate of drug-likeness (QED) is 0.454. The second-order valence-electron chi connectivity index (χ2n) is 10.0. The Labute approximate surface area is 228 Å². The van der Waals surface area contributed by atoms with E-state index in [1.54, 1.807) is 47.0 Å². The number of thiazole rings is 1. The van der Waals surface area contributed by atoms with Gasteiger partial charge in [0.05, 0.1) is 22.2 Å². The number of sulfonamides is 1. The van der Waals surface area contributed by atoms with Gasteiger partial charge < -0.3 is 15.0 Å². The molecule has 0 atom stereocenters. The van der Waals surface area contributed by atoms with Gasteiger partial charge in [-0.05, 0) is 61.2 Å². The second kappa shape index (κ2) is 11.6. The van der Waals surface area contributed by atoms with Gasteiger partial charge in [-0.25, -0.2) is 13.4 Å². The number of aromatic nitrogens is 1. The number of piperazine rings is 1. The van der Waals surface area contributed by atoms with Crippen LogP contribution in [0.15, 0.2) is 47.4 Å². The Kier molecular flexibility index (Phi) is 8.18. The van der Waals surface area contributed by atoms with Crippen LogP contribution in [0.2, 0.25) is 0 Å². The van der Waals surface area contributed by atoms with Crippen molar-refractivity contribution >= 4 is 42.6 Å². The Morgan fingerprint density at radius 2 is 1.76 bits per heavy atom. The molecule has 2 aromatic carbocycles. The van der Waals surface area contributed by atoms with E-state index in [4.69, 9.17) is 9.72 Å². The van der Waals surface area contributed by atoms with E-state index in [9.17, 15) is 13.2 Å². The summed E-state index contributed by atoms with van der Waals surface area (Å²) in [5, 5.41) is 4.00. The number of hydrogen-bond acceptors (Lipinski definition) is 8. The van der Waals surface area contributed by atoms with E-state index in [0.717, 1.165) is 66.7 Å². The fraction of sp³-hybridized carbons (Fsp3) is 0.481. The summed E-state index contributed by atoms with van der Waals surface area (Å²) in [6.07, 6.45) is 1.76. The van der Waals surface area contributed by atoms with Crippen LogP contribution in [-0.4, -0.2) is 88.0 Å². The first kappa shape index (κ1) is 26.9. The third kappa shape index (κ3) is 5.96. The van der Waals surface area contributed by atoms with E-state index in [-0.39, 0.29) is 10.8 Å². The molecule has 0 aliphatic carbocycles. The van der Waals surface area contributed by atoms with Gasteiger partial charge >= 0.3 is 0 Å². The molecule has 9 nitrogen and oxygen atoms in total. The van der Waals surface area contributed by atoms with Crippen LogP contribution in [0.4, 0.5) is 5.13 Å². The van der Waals surface area contributed by atoms with E-state index in [0.29, 0.717) is 31.1 Å². The summed E-state index contributed by atoms with van der Waals surface area (Å²) >= 11 is 1.68. The molecule has 2 aliphatic heterocycles. The average molecular weight is 558 g/mol. The zero-order valence-electron chi connectivity index (χ0n) is 21.9. The number of nitrogens with one attached hydrogen (secondary N) is 1. The molecule has 0 spiro atoms. The highest BCUT2D eigenvalue weighted by molar-refractivity contribution is 7.89. The second-order valence-corrected chi connectivity index (χ2v) is 13.0. The summed E-state index contributed by atoms with van der Waals surface area (Å²) in [5.74, 6) is 1.21. The molecule has 1 amide bonds. The highest BCUT2D eigenvalue weighted by Gasteiger charge is 2.28. The van der Waals surface area contributed by atoms with E-state index in [1.165, 1.54) is 0 Å². The lowest BCUT2D eigenvalue weighted by Crippen LogP contribution is -2.48. The van der Waals surface area contributed by atoms with Gasteiger partial charge in [0.25, 0.3) is 5.91 Å². The van der Waals surface area contributed by atoms with Crippen LogP contribution in [0.3, 0.4) is 0 Å². The molecular weight excluding hydrogens is 522 g/mol. The number of nitrogens with zero attached hydrogens (tertiary/aromatic N) is 4. The maximum atomic E-state index is 12.9. The molecule has 2 aliphatic rings. The third-order valence-electron chi connectivity index (χ3n) is 7.44. The fourth-order valence-electron chi connectivity index (χ4n) is 4.90. The Morgan fingerprint density at radius 3 is 2.45 bits per heavy atom. The highest BCUT2D eigenvalue weighted by atomic mass is 32.2. The highest BCUT2D eigenvalue weighted by Crippen LogP contribution is 2.32. The van der Waals surface area contributed by atoms with Gasteiger partial charge in [-0.15, -0.1) is 0 Å². The van der Waals surface area contributed by atoms with Crippen molar-refractivity contribution in [3.05, 3.63) is 48.0 Å². The van der Waals surface area contributed by atoms with Gasteiger partial charge in [-0.3, -0.25) is 9.69 Å². The minimum Gasteiger partial charge on any atom is -0.497 e. The molecule has 2 fully saturated rings. The zero-order chi connectivity index (χ0) is 26.7. The van der Waals surface area contributed by atoms with Crippen molar-refractivity contribution < 1.29 is 17.9 Å². The number of benzene rings is 2. The van der Waals surface area contributed by atoms with E-state index < -0.39 is 10.0 Å². The first-order chi connectivity index (χ1) is 18.3. The van der Waals surface area contributed by atoms with Crippen molar-refractivity contribution in [3.8, 4) is 5.75 Å². The van der Waals surface area contributed by atoms with Gasteiger partial charge in [-0.1, -0.05) is 18.3 Å². The maximum Gasteiger partial charge on any atom is 0.251 e. The molecule has 204 valence electrons. The Morgan fingerprint density at radius 1 is 1.05 bits per heavy atom. The number of piperidine rings is 1. The Hall–Kier alpha value is -2.73. The monoisotopic (exact) mass is 557 g/mol. The van der Waals surface area contributed by atoms with Crippen LogP contribution in [0, 0.1) is 5.92 Å². The number of anilines is 1. The van der Waals surface area contributed by atoms with Crippen LogP contribution in [0.1, 0.15) is 30.1 Å². The minimum atomic E-state index is -3.51. The minimum absolute atomic E-state index is 0.190. The zero-order valence-corrected chi connectivity index (χ0v) is 23.6. The number of ether oxygens (including phenoxy) is 1. The number of hydrogen-bond donors (Lipinski definition) is 1. The maximum absolute atomic E-state index is 12.9. The average Bonchev–Trinajstić information content (AvgIpc) is 3.37. The van der Waals surface area contributed by atoms with Crippen molar-refractivity contribution in [1.82, 2.24) is 19.5 Å². The molecule has 0 radical (unpaired) electrons. The SMILES string of the molecule is COc1ccc2nc(N3CCN(CCNC(=O)c4ccc(S(=O)(=O)N5CCC(C)CC5)cc4)CC3)sc2c1. The lowest BCUT2D eigenvalue weighted by molar-refractivity contribution is 0.0947. The standard InChI is InChI=1S/C27H35N5O4S2/c1-20-9-12-32(13-10-20)38(34,35)23-6-3-21(4-7-23)26(33)28-11-14-30-15-17-31(18-16-30)27-29-24-8-5-22(36-2)19-25(24)37-27/h3-8,19-20H,9-18H2,1-2H3,(H,28,33). The first-order valence-corrected chi connectivity index (χ1v) is 15.4. The van der Waals surface area contributed by atoms with E-state index in [2.05, 4.69) is 22.0 Å². The van der Waals surface area contributed by atoms with Crippen molar-refractivity contribution in [2.24, 2.45) is 5.92 Å². The largest absolute Gasteiger partial charge is 0.497 e. The summed E-state index contributed by atoms with van der Waals surface area (Å²) in [7, 11) is -1.84. The van der Waals surface area contributed by atoms with Crippen LogP contribution >= 0.6 is 11.3 Å². The number of methoxy groups -OCH3 is 1. The molecule has 3 aromatic rings. The summed E-state index contributed by atoms with van der Waals surface area (Å²) in [6, 6.07) is 12.2. The molecular formula is C27H35N5O4S2. The number of fused-ring (bicyclic) bond motifs is 1. The van der Waals surface area contributed by atoms with Gasteiger partial charge in [0.1, 0.15) is 5.75 Å². The van der Waals surface area contributed by atoms with Crippen LogP contribution < -0.4 is 15.0 Å². The predicted octanol–water partition coefficient (Wildman–Crippen LogP) is 3.28. The van der Waals surface area contributed by atoms with Crippen molar-refractivity contribution in [2.45, 2.75) is 24.7 Å². The normalized spacial score (nSPS) is 18.1. The van der Waals surface area contributed by atoms with Gasteiger partial charge in [0.15, 0.2) is 5.13 Å². The number of amides is 1. The summed E-state index contributed by atoms with van der Waals surface area (Å²) < 4.78 is 33.8.